The fourth-order valence-electron chi connectivity index (χ4n) is 3.86. The summed E-state index contributed by atoms with van der Waals surface area (Å²) in [5, 5.41) is 5.52. The number of rotatable bonds is 3. The van der Waals surface area contributed by atoms with Crippen molar-refractivity contribution in [1.29, 1.82) is 0 Å². The van der Waals surface area contributed by atoms with Crippen molar-refractivity contribution < 1.29 is 4.79 Å². The van der Waals surface area contributed by atoms with Crippen LogP contribution >= 0.6 is 23.2 Å². The Labute approximate surface area is 162 Å². The maximum absolute atomic E-state index is 12.5. The minimum absolute atomic E-state index is 0.0710. The zero-order valence-electron chi connectivity index (χ0n) is 14.5. The fraction of sp³-hybridized carbons (Fsp3) is 0.286. The number of H-pyrrole nitrogens is 1. The molecule has 4 rings (SSSR count). The molecule has 1 atom stereocenters. The minimum Gasteiger partial charge on any atom is -0.358 e. The van der Waals surface area contributed by atoms with Crippen molar-refractivity contribution in [3.63, 3.8) is 0 Å². The standard InChI is InChI=1S/C21H20Cl2N2O/c1-12-4-2-3-5-13(12)8-20(26)24-15-6-7-18-16(11-15)21-17(23)9-14(22)10-19(21)25-18/h2-5,9-10,15,25H,6-8,11H2,1H3,(H,24,26)/t15-/m1/s1. The zero-order chi connectivity index (χ0) is 18.3. The lowest BCUT2D eigenvalue weighted by Gasteiger charge is -2.24. The Morgan fingerprint density at radius 1 is 1.27 bits per heavy atom. The number of halogens is 2. The van der Waals surface area contributed by atoms with Crippen LogP contribution in [0.25, 0.3) is 10.9 Å². The molecule has 0 bridgehead atoms. The van der Waals surface area contributed by atoms with E-state index in [4.69, 9.17) is 23.2 Å². The van der Waals surface area contributed by atoms with Crippen LogP contribution in [0.1, 0.15) is 28.8 Å². The Kier molecular flexibility index (Phi) is 4.68. The smallest absolute Gasteiger partial charge is 0.224 e. The number of carbonyl (C=O) groups excluding carboxylic acids is 1. The SMILES string of the molecule is Cc1ccccc1CC(=O)N[C@@H]1CCc2[nH]c3cc(Cl)cc(Cl)c3c2C1. The quantitative estimate of drug-likeness (QED) is 0.653. The molecule has 1 amide bonds. The van der Waals surface area contributed by atoms with Crippen molar-refractivity contribution in [2.24, 2.45) is 0 Å². The topological polar surface area (TPSA) is 44.9 Å². The molecule has 2 N–H and O–H groups in total. The van der Waals surface area contributed by atoms with Gasteiger partial charge in [-0.1, -0.05) is 47.5 Å². The second-order valence-electron chi connectivity index (χ2n) is 7.00. The first kappa shape index (κ1) is 17.4. The molecule has 0 radical (unpaired) electrons. The molecule has 1 heterocycles. The van der Waals surface area contributed by atoms with Crippen molar-refractivity contribution in [3.8, 4) is 0 Å². The Balaban J connectivity index is 1.51. The van der Waals surface area contributed by atoms with Crippen LogP contribution in [-0.4, -0.2) is 16.9 Å². The monoisotopic (exact) mass is 386 g/mol. The van der Waals surface area contributed by atoms with Gasteiger partial charge in [-0.2, -0.15) is 0 Å². The molecule has 1 aliphatic rings. The molecule has 3 nitrogen and oxygen atoms in total. The Bertz CT molecular complexity index is 993. The van der Waals surface area contributed by atoms with Crippen LogP contribution < -0.4 is 5.32 Å². The van der Waals surface area contributed by atoms with Crippen molar-refractivity contribution in [1.82, 2.24) is 10.3 Å². The molecule has 0 unspecified atom stereocenters. The highest BCUT2D eigenvalue weighted by Crippen LogP contribution is 2.35. The summed E-state index contributed by atoms with van der Waals surface area (Å²) in [5.41, 5.74) is 5.60. The van der Waals surface area contributed by atoms with Gasteiger partial charge in [-0.3, -0.25) is 4.79 Å². The average Bonchev–Trinajstić information content (AvgIpc) is 2.94. The third-order valence-electron chi connectivity index (χ3n) is 5.18. The predicted molar refractivity (Wildman–Crippen MR) is 107 cm³/mol. The molecule has 134 valence electrons. The summed E-state index contributed by atoms with van der Waals surface area (Å²) >= 11 is 12.5. The van der Waals surface area contributed by atoms with Gasteiger partial charge < -0.3 is 10.3 Å². The average molecular weight is 387 g/mol. The van der Waals surface area contributed by atoms with E-state index in [1.807, 2.05) is 37.3 Å². The molecule has 5 heteroatoms. The Morgan fingerprint density at radius 3 is 2.88 bits per heavy atom. The molecule has 26 heavy (non-hydrogen) atoms. The number of aryl methyl sites for hydroxylation is 2. The van der Waals surface area contributed by atoms with Gasteiger partial charge in [0.1, 0.15) is 0 Å². The number of benzene rings is 2. The largest absolute Gasteiger partial charge is 0.358 e. The molecule has 0 spiro atoms. The molecular weight excluding hydrogens is 367 g/mol. The zero-order valence-corrected chi connectivity index (χ0v) is 16.0. The predicted octanol–water partition coefficient (Wildman–Crippen LogP) is 5.00. The van der Waals surface area contributed by atoms with Crippen LogP contribution in [0.15, 0.2) is 36.4 Å². The van der Waals surface area contributed by atoms with E-state index in [0.29, 0.717) is 16.5 Å². The summed E-state index contributed by atoms with van der Waals surface area (Å²) in [6.07, 6.45) is 3.02. The number of aromatic nitrogens is 1. The van der Waals surface area contributed by atoms with Crippen LogP contribution in [0, 0.1) is 6.92 Å². The molecule has 1 aromatic heterocycles. The van der Waals surface area contributed by atoms with Crippen molar-refractivity contribution in [3.05, 3.63) is 68.8 Å². The van der Waals surface area contributed by atoms with Gasteiger partial charge >= 0.3 is 0 Å². The first-order valence-corrected chi connectivity index (χ1v) is 9.59. The molecule has 3 aromatic rings. The van der Waals surface area contributed by atoms with Crippen LogP contribution in [-0.2, 0) is 24.1 Å². The lowest BCUT2D eigenvalue weighted by atomic mass is 9.91. The van der Waals surface area contributed by atoms with E-state index in [2.05, 4.69) is 10.3 Å². The van der Waals surface area contributed by atoms with E-state index in [-0.39, 0.29) is 11.9 Å². The lowest BCUT2D eigenvalue weighted by molar-refractivity contribution is -0.121. The first-order chi connectivity index (χ1) is 12.5. The fourth-order valence-corrected chi connectivity index (χ4v) is 4.46. The Morgan fingerprint density at radius 2 is 2.08 bits per heavy atom. The van der Waals surface area contributed by atoms with Gasteiger partial charge in [-0.25, -0.2) is 0 Å². The summed E-state index contributed by atoms with van der Waals surface area (Å²) in [4.78, 5) is 15.9. The molecule has 2 aromatic carbocycles. The second-order valence-corrected chi connectivity index (χ2v) is 7.85. The van der Waals surface area contributed by atoms with Crippen LogP contribution in [0.2, 0.25) is 10.0 Å². The number of nitrogens with one attached hydrogen (secondary N) is 2. The normalized spacial score (nSPS) is 16.5. The Hall–Kier alpha value is -1.97. The molecule has 0 aliphatic heterocycles. The maximum Gasteiger partial charge on any atom is 0.224 e. The van der Waals surface area contributed by atoms with Crippen molar-refractivity contribution >= 4 is 40.0 Å². The number of hydrogen-bond acceptors (Lipinski definition) is 1. The molecule has 0 fully saturated rings. The summed E-state index contributed by atoms with van der Waals surface area (Å²) < 4.78 is 0. The van der Waals surface area contributed by atoms with Crippen molar-refractivity contribution in [2.45, 2.75) is 38.6 Å². The number of amides is 1. The molecule has 0 saturated heterocycles. The third-order valence-corrected chi connectivity index (χ3v) is 5.69. The van der Waals surface area contributed by atoms with Gasteiger partial charge in [-0.05, 0) is 55.0 Å². The summed E-state index contributed by atoms with van der Waals surface area (Å²) in [6.45, 7) is 2.04. The van der Waals surface area contributed by atoms with E-state index in [9.17, 15) is 4.79 Å². The lowest BCUT2D eigenvalue weighted by Crippen LogP contribution is -2.39. The molecule has 0 saturated carbocycles. The number of carbonyl (C=O) groups is 1. The van der Waals surface area contributed by atoms with Gasteiger partial charge in [0.15, 0.2) is 0 Å². The van der Waals surface area contributed by atoms with E-state index in [0.717, 1.165) is 41.3 Å². The van der Waals surface area contributed by atoms with E-state index < -0.39 is 0 Å². The highest BCUT2D eigenvalue weighted by atomic mass is 35.5. The molecular formula is C21H20Cl2N2O. The van der Waals surface area contributed by atoms with Gasteiger partial charge in [0.05, 0.1) is 11.4 Å². The highest BCUT2D eigenvalue weighted by Gasteiger charge is 2.25. The second kappa shape index (κ2) is 6.98. The van der Waals surface area contributed by atoms with Gasteiger partial charge in [0.2, 0.25) is 5.91 Å². The van der Waals surface area contributed by atoms with Gasteiger partial charge in [0, 0.05) is 27.7 Å². The van der Waals surface area contributed by atoms with Gasteiger partial charge in [-0.15, -0.1) is 0 Å². The number of hydrogen-bond donors (Lipinski definition) is 2. The molecule has 1 aliphatic carbocycles. The number of aromatic amines is 1. The van der Waals surface area contributed by atoms with E-state index >= 15 is 0 Å². The van der Waals surface area contributed by atoms with E-state index in [1.165, 1.54) is 11.3 Å². The van der Waals surface area contributed by atoms with Crippen LogP contribution in [0.5, 0.6) is 0 Å². The number of fused-ring (bicyclic) bond motifs is 3. The summed E-state index contributed by atoms with van der Waals surface area (Å²) in [7, 11) is 0. The maximum atomic E-state index is 12.5. The summed E-state index contributed by atoms with van der Waals surface area (Å²) in [5.74, 6) is 0.0710. The van der Waals surface area contributed by atoms with Crippen molar-refractivity contribution in [2.75, 3.05) is 0 Å². The summed E-state index contributed by atoms with van der Waals surface area (Å²) in [6, 6.07) is 11.8. The third kappa shape index (κ3) is 3.34. The van der Waals surface area contributed by atoms with Gasteiger partial charge in [0.25, 0.3) is 0 Å². The minimum atomic E-state index is 0.0710. The van der Waals surface area contributed by atoms with E-state index in [1.54, 1.807) is 6.07 Å². The highest BCUT2D eigenvalue weighted by molar-refractivity contribution is 6.38. The first-order valence-electron chi connectivity index (χ1n) is 8.83. The van der Waals surface area contributed by atoms with Crippen LogP contribution in [0.4, 0.5) is 0 Å². The van der Waals surface area contributed by atoms with Crippen LogP contribution in [0.3, 0.4) is 0 Å².